The quantitative estimate of drug-likeness (QED) is 0.885. The summed E-state index contributed by atoms with van der Waals surface area (Å²) >= 11 is 0. The molecular weight excluding hydrogens is 260 g/mol. The maximum atomic E-state index is 4.63. The lowest BCUT2D eigenvalue weighted by Gasteiger charge is -2.19. The van der Waals surface area contributed by atoms with Crippen molar-refractivity contribution in [2.45, 2.75) is 33.9 Å². The molecule has 0 bridgehead atoms. The Bertz CT molecular complexity index is 595. The molecule has 112 valence electrons. The molecule has 21 heavy (non-hydrogen) atoms. The highest BCUT2D eigenvalue weighted by Gasteiger charge is 2.09. The Morgan fingerprint density at radius 2 is 1.90 bits per heavy atom. The third-order valence-corrected chi connectivity index (χ3v) is 3.64. The summed E-state index contributed by atoms with van der Waals surface area (Å²) < 4.78 is 0. The van der Waals surface area contributed by atoms with Crippen molar-refractivity contribution in [2.75, 3.05) is 18.5 Å². The number of rotatable bonds is 6. The molecule has 1 aromatic heterocycles. The van der Waals surface area contributed by atoms with Crippen LogP contribution in [-0.4, -0.2) is 23.6 Å². The van der Waals surface area contributed by atoms with Gasteiger partial charge in [-0.3, -0.25) is 0 Å². The molecule has 0 unspecified atom stereocenters. The van der Waals surface area contributed by atoms with E-state index in [2.05, 4.69) is 58.3 Å². The highest BCUT2D eigenvalue weighted by atomic mass is 15.2. The first kappa shape index (κ1) is 15.4. The molecule has 4 nitrogen and oxygen atoms in total. The van der Waals surface area contributed by atoms with Crippen LogP contribution in [0, 0.1) is 13.8 Å². The number of benzene rings is 1. The van der Waals surface area contributed by atoms with Gasteiger partial charge < -0.3 is 10.2 Å². The number of aryl methyl sites for hydroxylation is 2. The second kappa shape index (κ2) is 7.18. The lowest BCUT2D eigenvalue weighted by molar-refractivity contribution is 0.713. The summed E-state index contributed by atoms with van der Waals surface area (Å²) in [5.41, 5.74) is 4.80. The molecule has 2 rings (SSSR count). The Balaban J connectivity index is 2.11. The number of nitrogens with one attached hydrogen (secondary N) is 1. The SMILES string of the molecule is CCNCc1cnc(N(C)Cc2ccccc2C)nc1C. The molecule has 0 aliphatic rings. The Kier molecular flexibility index (Phi) is 5.28. The zero-order valence-electron chi connectivity index (χ0n) is 13.3. The second-order valence-electron chi connectivity index (χ2n) is 5.34. The summed E-state index contributed by atoms with van der Waals surface area (Å²) in [6.45, 7) is 8.87. The van der Waals surface area contributed by atoms with Crippen LogP contribution in [0.2, 0.25) is 0 Å². The van der Waals surface area contributed by atoms with Gasteiger partial charge in [0.25, 0.3) is 0 Å². The van der Waals surface area contributed by atoms with E-state index in [1.54, 1.807) is 0 Å². The minimum Gasteiger partial charge on any atom is -0.340 e. The molecule has 0 aliphatic heterocycles. The monoisotopic (exact) mass is 284 g/mol. The first-order valence-corrected chi connectivity index (χ1v) is 7.40. The summed E-state index contributed by atoms with van der Waals surface area (Å²) in [4.78, 5) is 11.2. The Morgan fingerprint density at radius 1 is 1.14 bits per heavy atom. The van der Waals surface area contributed by atoms with E-state index >= 15 is 0 Å². The second-order valence-corrected chi connectivity index (χ2v) is 5.34. The minimum absolute atomic E-state index is 0.774. The third kappa shape index (κ3) is 4.02. The lowest BCUT2D eigenvalue weighted by atomic mass is 10.1. The Morgan fingerprint density at radius 3 is 2.57 bits per heavy atom. The van der Waals surface area contributed by atoms with Crippen LogP contribution in [0.4, 0.5) is 5.95 Å². The number of hydrogen-bond acceptors (Lipinski definition) is 4. The van der Waals surface area contributed by atoms with Crippen molar-refractivity contribution < 1.29 is 0 Å². The largest absolute Gasteiger partial charge is 0.340 e. The summed E-state index contributed by atoms with van der Waals surface area (Å²) in [6, 6.07) is 8.42. The molecule has 0 fully saturated rings. The van der Waals surface area contributed by atoms with Gasteiger partial charge in [-0.1, -0.05) is 31.2 Å². The molecule has 0 atom stereocenters. The fourth-order valence-electron chi connectivity index (χ4n) is 2.21. The zero-order chi connectivity index (χ0) is 15.2. The molecule has 0 saturated carbocycles. The normalized spacial score (nSPS) is 10.7. The van der Waals surface area contributed by atoms with Crippen LogP contribution in [-0.2, 0) is 13.1 Å². The van der Waals surface area contributed by atoms with Gasteiger partial charge in [-0.2, -0.15) is 0 Å². The molecule has 1 heterocycles. The fraction of sp³-hybridized carbons (Fsp3) is 0.412. The van der Waals surface area contributed by atoms with E-state index in [-0.39, 0.29) is 0 Å². The molecule has 1 N–H and O–H groups in total. The highest BCUT2D eigenvalue weighted by Crippen LogP contribution is 2.15. The fourth-order valence-corrected chi connectivity index (χ4v) is 2.21. The Labute approximate surface area is 127 Å². The molecule has 0 saturated heterocycles. The van der Waals surface area contributed by atoms with Crippen LogP contribution in [0.5, 0.6) is 0 Å². The van der Waals surface area contributed by atoms with Crippen LogP contribution in [0.25, 0.3) is 0 Å². The summed E-state index contributed by atoms with van der Waals surface area (Å²) in [6.07, 6.45) is 1.93. The predicted molar refractivity (Wildman–Crippen MR) is 87.4 cm³/mol. The summed E-state index contributed by atoms with van der Waals surface area (Å²) in [5.74, 6) is 0.774. The first-order chi connectivity index (χ1) is 10.1. The molecule has 0 aliphatic carbocycles. The van der Waals surface area contributed by atoms with Crippen LogP contribution >= 0.6 is 0 Å². The average Bonchev–Trinajstić information content (AvgIpc) is 2.48. The van der Waals surface area contributed by atoms with Gasteiger partial charge in [-0.25, -0.2) is 9.97 Å². The van der Waals surface area contributed by atoms with E-state index < -0.39 is 0 Å². The third-order valence-electron chi connectivity index (χ3n) is 3.64. The molecule has 0 spiro atoms. The minimum atomic E-state index is 0.774. The smallest absolute Gasteiger partial charge is 0.225 e. The number of anilines is 1. The number of nitrogens with zero attached hydrogens (tertiary/aromatic N) is 3. The van der Waals surface area contributed by atoms with Crippen LogP contribution in [0.15, 0.2) is 30.5 Å². The van der Waals surface area contributed by atoms with Gasteiger partial charge in [-0.05, 0) is 31.5 Å². The van der Waals surface area contributed by atoms with Crippen molar-refractivity contribution in [1.82, 2.24) is 15.3 Å². The van der Waals surface area contributed by atoms with E-state index in [1.165, 1.54) is 11.1 Å². The van der Waals surface area contributed by atoms with Gasteiger partial charge in [0, 0.05) is 37.6 Å². The van der Waals surface area contributed by atoms with Gasteiger partial charge in [0.2, 0.25) is 5.95 Å². The highest BCUT2D eigenvalue weighted by molar-refractivity contribution is 5.35. The molecule has 1 aromatic carbocycles. The topological polar surface area (TPSA) is 41.1 Å². The number of aromatic nitrogens is 2. The lowest BCUT2D eigenvalue weighted by Crippen LogP contribution is -2.21. The zero-order valence-corrected chi connectivity index (χ0v) is 13.3. The molecule has 2 aromatic rings. The van der Waals surface area contributed by atoms with E-state index in [1.807, 2.05) is 20.2 Å². The summed E-state index contributed by atoms with van der Waals surface area (Å²) in [7, 11) is 2.03. The van der Waals surface area contributed by atoms with E-state index in [0.29, 0.717) is 0 Å². The molecule has 0 radical (unpaired) electrons. The molecular formula is C17H24N4. The number of hydrogen-bond donors (Lipinski definition) is 1. The van der Waals surface area contributed by atoms with E-state index in [0.717, 1.165) is 36.8 Å². The van der Waals surface area contributed by atoms with Gasteiger partial charge in [-0.15, -0.1) is 0 Å². The molecule has 0 amide bonds. The average molecular weight is 284 g/mol. The van der Waals surface area contributed by atoms with Crippen molar-refractivity contribution in [3.8, 4) is 0 Å². The van der Waals surface area contributed by atoms with Gasteiger partial charge in [0.1, 0.15) is 0 Å². The van der Waals surface area contributed by atoms with Crippen molar-refractivity contribution >= 4 is 5.95 Å². The van der Waals surface area contributed by atoms with Crippen LogP contribution < -0.4 is 10.2 Å². The van der Waals surface area contributed by atoms with Crippen molar-refractivity contribution in [3.05, 3.63) is 52.8 Å². The summed E-state index contributed by atoms with van der Waals surface area (Å²) in [5, 5.41) is 3.31. The van der Waals surface area contributed by atoms with Gasteiger partial charge >= 0.3 is 0 Å². The van der Waals surface area contributed by atoms with E-state index in [9.17, 15) is 0 Å². The van der Waals surface area contributed by atoms with Crippen molar-refractivity contribution in [1.29, 1.82) is 0 Å². The van der Waals surface area contributed by atoms with Crippen molar-refractivity contribution in [2.24, 2.45) is 0 Å². The Hall–Kier alpha value is -1.94. The van der Waals surface area contributed by atoms with Gasteiger partial charge in [0.15, 0.2) is 0 Å². The van der Waals surface area contributed by atoms with Gasteiger partial charge in [0.05, 0.1) is 0 Å². The van der Waals surface area contributed by atoms with Crippen LogP contribution in [0.1, 0.15) is 29.3 Å². The van der Waals surface area contributed by atoms with E-state index in [4.69, 9.17) is 0 Å². The molecule has 4 heteroatoms. The predicted octanol–water partition coefficient (Wildman–Crippen LogP) is 2.84. The van der Waals surface area contributed by atoms with Crippen LogP contribution in [0.3, 0.4) is 0 Å². The maximum Gasteiger partial charge on any atom is 0.225 e. The maximum absolute atomic E-state index is 4.63. The van der Waals surface area contributed by atoms with Crippen molar-refractivity contribution in [3.63, 3.8) is 0 Å². The first-order valence-electron chi connectivity index (χ1n) is 7.40. The standard InChI is InChI=1S/C17H24N4/c1-5-18-10-16-11-19-17(20-14(16)3)21(4)12-15-9-7-6-8-13(15)2/h6-9,11,18H,5,10,12H2,1-4H3.